The van der Waals surface area contributed by atoms with Crippen LogP contribution in [-0.4, -0.2) is 24.5 Å². The Labute approximate surface area is 119 Å². The van der Waals surface area contributed by atoms with Gasteiger partial charge in [-0.05, 0) is 36.8 Å². The molecule has 0 saturated carbocycles. The van der Waals surface area contributed by atoms with Crippen LogP contribution in [0.1, 0.15) is 22.8 Å². The summed E-state index contributed by atoms with van der Waals surface area (Å²) >= 11 is 0. The van der Waals surface area contributed by atoms with Crippen molar-refractivity contribution in [2.24, 2.45) is 0 Å². The van der Waals surface area contributed by atoms with Crippen molar-refractivity contribution in [1.82, 2.24) is 4.90 Å². The molecule has 2 aromatic rings. The lowest BCUT2D eigenvalue weighted by Gasteiger charge is -2.21. The molecule has 0 aliphatic heterocycles. The molecule has 0 aliphatic carbocycles. The van der Waals surface area contributed by atoms with Crippen LogP contribution in [-0.2, 0) is 6.54 Å². The SMILES string of the molecule is CCN(Cc1ccccc1)C(=O)c1ccc(OC)cc1. The lowest BCUT2D eigenvalue weighted by atomic mass is 10.1. The molecule has 0 radical (unpaired) electrons. The summed E-state index contributed by atoms with van der Waals surface area (Å²) < 4.78 is 5.11. The van der Waals surface area contributed by atoms with E-state index in [2.05, 4.69) is 0 Å². The van der Waals surface area contributed by atoms with Crippen LogP contribution in [0, 0.1) is 0 Å². The number of hydrogen-bond acceptors (Lipinski definition) is 2. The van der Waals surface area contributed by atoms with Crippen LogP contribution in [0.5, 0.6) is 5.75 Å². The van der Waals surface area contributed by atoms with Crippen LogP contribution in [0.4, 0.5) is 0 Å². The maximum Gasteiger partial charge on any atom is 0.254 e. The van der Waals surface area contributed by atoms with Gasteiger partial charge in [-0.15, -0.1) is 0 Å². The van der Waals surface area contributed by atoms with Gasteiger partial charge in [0.25, 0.3) is 5.91 Å². The molecule has 3 heteroatoms. The quantitative estimate of drug-likeness (QED) is 0.833. The van der Waals surface area contributed by atoms with E-state index >= 15 is 0 Å². The Morgan fingerprint density at radius 2 is 1.70 bits per heavy atom. The van der Waals surface area contributed by atoms with E-state index in [1.54, 1.807) is 19.2 Å². The van der Waals surface area contributed by atoms with E-state index in [0.717, 1.165) is 11.3 Å². The highest BCUT2D eigenvalue weighted by atomic mass is 16.5. The average molecular weight is 269 g/mol. The summed E-state index contributed by atoms with van der Waals surface area (Å²) in [5.74, 6) is 0.798. The fourth-order valence-corrected chi connectivity index (χ4v) is 2.05. The van der Waals surface area contributed by atoms with Crippen molar-refractivity contribution in [2.45, 2.75) is 13.5 Å². The Hall–Kier alpha value is -2.29. The van der Waals surface area contributed by atoms with Gasteiger partial charge in [-0.3, -0.25) is 4.79 Å². The third kappa shape index (κ3) is 3.38. The van der Waals surface area contributed by atoms with Gasteiger partial charge in [-0.2, -0.15) is 0 Å². The molecule has 2 rings (SSSR count). The maximum absolute atomic E-state index is 12.5. The molecule has 20 heavy (non-hydrogen) atoms. The summed E-state index contributed by atoms with van der Waals surface area (Å²) in [7, 11) is 1.62. The van der Waals surface area contributed by atoms with Crippen molar-refractivity contribution >= 4 is 5.91 Å². The van der Waals surface area contributed by atoms with Crippen LogP contribution in [0.2, 0.25) is 0 Å². The minimum Gasteiger partial charge on any atom is -0.497 e. The molecule has 0 aliphatic rings. The molecule has 2 aromatic carbocycles. The zero-order valence-electron chi connectivity index (χ0n) is 11.9. The van der Waals surface area contributed by atoms with Crippen LogP contribution >= 0.6 is 0 Å². The normalized spacial score (nSPS) is 10.1. The smallest absolute Gasteiger partial charge is 0.254 e. The van der Waals surface area contributed by atoms with Gasteiger partial charge in [0, 0.05) is 18.7 Å². The van der Waals surface area contributed by atoms with Gasteiger partial charge in [0.15, 0.2) is 0 Å². The number of methoxy groups -OCH3 is 1. The molecule has 0 heterocycles. The second-order valence-electron chi connectivity index (χ2n) is 4.53. The summed E-state index contributed by atoms with van der Waals surface area (Å²) in [6, 6.07) is 17.2. The fourth-order valence-electron chi connectivity index (χ4n) is 2.05. The van der Waals surface area contributed by atoms with Crippen molar-refractivity contribution in [3.8, 4) is 5.75 Å². The Morgan fingerprint density at radius 3 is 2.25 bits per heavy atom. The first-order valence-electron chi connectivity index (χ1n) is 6.72. The molecule has 104 valence electrons. The molecular formula is C17H19NO2. The van der Waals surface area contributed by atoms with E-state index in [4.69, 9.17) is 4.74 Å². The number of nitrogens with zero attached hydrogens (tertiary/aromatic N) is 1. The average Bonchev–Trinajstić information content (AvgIpc) is 2.53. The topological polar surface area (TPSA) is 29.5 Å². The predicted molar refractivity (Wildman–Crippen MR) is 79.9 cm³/mol. The van der Waals surface area contributed by atoms with E-state index in [0.29, 0.717) is 18.7 Å². The minimum atomic E-state index is 0.0407. The van der Waals surface area contributed by atoms with E-state index < -0.39 is 0 Å². The number of carbonyl (C=O) groups excluding carboxylic acids is 1. The second-order valence-corrected chi connectivity index (χ2v) is 4.53. The maximum atomic E-state index is 12.5. The second kappa shape index (κ2) is 6.75. The lowest BCUT2D eigenvalue weighted by Crippen LogP contribution is -2.30. The van der Waals surface area contributed by atoms with Crippen molar-refractivity contribution < 1.29 is 9.53 Å². The predicted octanol–water partition coefficient (Wildman–Crippen LogP) is 3.36. The summed E-state index contributed by atoms with van der Waals surface area (Å²) in [4.78, 5) is 14.3. The molecule has 0 saturated heterocycles. The van der Waals surface area contributed by atoms with Gasteiger partial charge in [0.05, 0.1) is 7.11 Å². The van der Waals surface area contributed by atoms with Crippen molar-refractivity contribution in [3.05, 3.63) is 65.7 Å². The largest absolute Gasteiger partial charge is 0.497 e. The van der Waals surface area contributed by atoms with Crippen LogP contribution in [0.25, 0.3) is 0 Å². The van der Waals surface area contributed by atoms with Crippen molar-refractivity contribution in [2.75, 3.05) is 13.7 Å². The highest BCUT2D eigenvalue weighted by molar-refractivity contribution is 5.94. The summed E-state index contributed by atoms with van der Waals surface area (Å²) in [6.45, 7) is 3.30. The Balaban J connectivity index is 2.12. The molecule has 0 aromatic heterocycles. The van der Waals surface area contributed by atoms with E-state index in [1.165, 1.54) is 0 Å². The zero-order chi connectivity index (χ0) is 14.4. The monoisotopic (exact) mass is 269 g/mol. The highest BCUT2D eigenvalue weighted by Gasteiger charge is 2.14. The third-order valence-corrected chi connectivity index (χ3v) is 3.22. The molecule has 0 bridgehead atoms. The van der Waals surface area contributed by atoms with E-state index in [-0.39, 0.29) is 5.91 Å². The van der Waals surface area contributed by atoms with Gasteiger partial charge in [-0.1, -0.05) is 30.3 Å². The van der Waals surface area contributed by atoms with E-state index in [1.807, 2.05) is 54.3 Å². The fraction of sp³-hybridized carbons (Fsp3) is 0.235. The molecular weight excluding hydrogens is 250 g/mol. The Kier molecular flexibility index (Phi) is 4.77. The molecule has 1 amide bonds. The first kappa shape index (κ1) is 14.1. The first-order chi connectivity index (χ1) is 9.74. The van der Waals surface area contributed by atoms with Gasteiger partial charge in [0.2, 0.25) is 0 Å². The minimum absolute atomic E-state index is 0.0407. The van der Waals surface area contributed by atoms with E-state index in [9.17, 15) is 4.79 Å². The standard InChI is InChI=1S/C17H19NO2/c1-3-18(13-14-7-5-4-6-8-14)17(19)15-9-11-16(20-2)12-10-15/h4-12H,3,13H2,1-2H3. The Morgan fingerprint density at radius 1 is 1.05 bits per heavy atom. The van der Waals surface area contributed by atoms with Crippen LogP contribution in [0.15, 0.2) is 54.6 Å². The number of carbonyl (C=O) groups is 1. The lowest BCUT2D eigenvalue weighted by molar-refractivity contribution is 0.0752. The van der Waals surface area contributed by atoms with Crippen molar-refractivity contribution in [3.63, 3.8) is 0 Å². The molecule has 0 N–H and O–H groups in total. The van der Waals surface area contributed by atoms with Gasteiger partial charge >= 0.3 is 0 Å². The molecule has 3 nitrogen and oxygen atoms in total. The number of benzene rings is 2. The number of ether oxygens (including phenoxy) is 1. The Bertz CT molecular complexity index is 549. The molecule has 0 unspecified atom stereocenters. The summed E-state index contributed by atoms with van der Waals surface area (Å²) in [6.07, 6.45) is 0. The highest BCUT2D eigenvalue weighted by Crippen LogP contribution is 2.14. The number of rotatable bonds is 5. The number of hydrogen-bond donors (Lipinski definition) is 0. The van der Waals surface area contributed by atoms with Gasteiger partial charge < -0.3 is 9.64 Å². The van der Waals surface area contributed by atoms with Crippen LogP contribution in [0.3, 0.4) is 0 Å². The number of amides is 1. The van der Waals surface area contributed by atoms with Crippen molar-refractivity contribution in [1.29, 1.82) is 0 Å². The summed E-state index contributed by atoms with van der Waals surface area (Å²) in [5.41, 5.74) is 1.82. The van der Waals surface area contributed by atoms with Crippen LogP contribution < -0.4 is 4.74 Å². The van der Waals surface area contributed by atoms with Gasteiger partial charge in [0.1, 0.15) is 5.75 Å². The first-order valence-corrected chi connectivity index (χ1v) is 6.72. The zero-order valence-corrected chi connectivity index (χ0v) is 11.9. The molecule has 0 spiro atoms. The summed E-state index contributed by atoms with van der Waals surface area (Å²) in [5, 5.41) is 0. The molecule has 0 fully saturated rings. The third-order valence-electron chi connectivity index (χ3n) is 3.22. The van der Waals surface area contributed by atoms with Gasteiger partial charge in [-0.25, -0.2) is 0 Å². The molecule has 0 atom stereocenters.